The number of para-hydroxylation sites is 2. The first-order valence-electron chi connectivity index (χ1n) is 11.0. The van der Waals surface area contributed by atoms with Crippen LogP contribution in [-0.2, 0) is 19.6 Å². The first kappa shape index (κ1) is 24.1. The lowest BCUT2D eigenvalue weighted by molar-refractivity contribution is -0.119. The summed E-state index contributed by atoms with van der Waals surface area (Å²) in [5, 5.41) is 3.21. The van der Waals surface area contributed by atoms with E-state index in [1.165, 1.54) is 16.1 Å². The standard InChI is InChI=1S/C23H26N4O5S2/c1-2-32-23(29)26-14-12-17(13-15-26)24-21(28)16-33-22-25-19-10-6-7-11-20(19)27(22)34(30,31)18-8-4-3-5-9-18/h3-11,17H,2,12-16H2,1H3,(H,24,28). The number of nitrogens with one attached hydrogen (secondary N) is 1. The summed E-state index contributed by atoms with van der Waals surface area (Å²) in [4.78, 5) is 30.7. The molecule has 11 heteroatoms. The molecule has 1 aliphatic heterocycles. The monoisotopic (exact) mass is 502 g/mol. The highest BCUT2D eigenvalue weighted by atomic mass is 32.2. The van der Waals surface area contributed by atoms with Crippen LogP contribution in [0.25, 0.3) is 11.0 Å². The molecule has 2 aromatic carbocycles. The molecule has 0 aliphatic carbocycles. The molecule has 0 spiro atoms. The number of aromatic nitrogens is 2. The smallest absolute Gasteiger partial charge is 0.409 e. The summed E-state index contributed by atoms with van der Waals surface area (Å²) in [7, 11) is -3.89. The highest BCUT2D eigenvalue weighted by Crippen LogP contribution is 2.29. The Hall–Kier alpha value is -3.05. The van der Waals surface area contributed by atoms with Crippen LogP contribution in [0.4, 0.5) is 4.79 Å². The molecule has 180 valence electrons. The van der Waals surface area contributed by atoms with E-state index in [-0.39, 0.29) is 33.8 Å². The highest BCUT2D eigenvalue weighted by molar-refractivity contribution is 8.00. The second-order valence-corrected chi connectivity index (χ2v) is 10.5. The lowest BCUT2D eigenvalue weighted by Crippen LogP contribution is -2.47. The van der Waals surface area contributed by atoms with Gasteiger partial charge in [-0.3, -0.25) is 4.79 Å². The molecule has 0 atom stereocenters. The van der Waals surface area contributed by atoms with Crippen LogP contribution in [-0.4, -0.2) is 65.8 Å². The van der Waals surface area contributed by atoms with Gasteiger partial charge in [-0.1, -0.05) is 42.1 Å². The number of thioether (sulfide) groups is 1. The Bertz CT molecular complexity index is 1270. The van der Waals surface area contributed by atoms with Gasteiger partial charge in [-0.05, 0) is 44.0 Å². The predicted octanol–water partition coefficient (Wildman–Crippen LogP) is 3.10. The van der Waals surface area contributed by atoms with Gasteiger partial charge in [0, 0.05) is 19.1 Å². The van der Waals surface area contributed by atoms with E-state index >= 15 is 0 Å². The third kappa shape index (κ3) is 5.20. The van der Waals surface area contributed by atoms with Gasteiger partial charge in [-0.25, -0.2) is 22.2 Å². The third-order valence-corrected chi connectivity index (χ3v) is 8.26. The van der Waals surface area contributed by atoms with E-state index in [1.54, 1.807) is 54.3 Å². The molecule has 34 heavy (non-hydrogen) atoms. The van der Waals surface area contributed by atoms with E-state index in [1.807, 2.05) is 0 Å². The molecular weight excluding hydrogens is 476 g/mol. The quantitative estimate of drug-likeness (QED) is 0.494. The van der Waals surface area contributed by atoms with Crippen molar-refractivity contribution in [1.29, 1.82) is 0 Å². The van der Waals surface area contributed by atoms with E-state index in [9.17, 15) is 18.0 Å². The fourth-order valence-electron chi connectivity index (χ4n) is 3.82. The number of hydrogen-bond donors (Lipinski definition) is 1. The highest BCUT2D eigenvalue weighted by Gasteiger charge is 2.27. The van der Waals surface area contributed by atoms with Crippen molar-refractivity contribution in [2.24, 2.45) is 0 Å². The predicted molar refractivity (Wildman–Crippen MR) is 129 cm³/mol. The molecule has 2 amide bonds. The Balaban J connectivity index is 1.45. The number of amides is 2. The summed E-state index contributed by atoms with van der Waals surface area (Å²) in [6.07, 6.45) is 0.938. The average Bonchev–Trinajstić information content (AvgIpc) is 3.23. The van der Waals surface area contributed by atoms with Gasteiger partial charge < -0.3 is 15.0 Å². The Morgan fingerprint density at radius 3 is 2.47 bits per heavy atom. The molecule has 1 fully saturated rings. The van der Waals surface area contributed by atoms with Crippen molar-refractivity contribution in [3.8, 4) is 0 Å². The van der Waals surface area contributed by atoms with E-state index in [2.05, 4.69) is 10.3 Å². The first-order valence-corrected chi connectivity index (χ1v) is 13.4. The lowest BCUT2D eigenvalue weighted by Gasteiger charge is -2.31. The first-order chi connectivity index (χ1) is 16.4. The largest absolute Gasteiger partial charge is 0.450 e. The summed E-state index contributed by atoms with van der Waals surface area (Å²) in [5.41, 5.74) is 0.997. The van der Waals surface area contributed by atoms with Crippen molar-refractivity contribution < 1.29 is 22.7 Å². The Labute approximate surface area is 202 Å². The van der Waals surface area contributed by atoms with Gasteiger partial charge in [0.05, 0.1) is 28.3 Å². The van der Waals surface area contributed by atoms with Crippen LogP contribution in [0.2, 0.25) is 0 Å². The summed E-state index contributed by atoms with van der Waals surface area (Å²) in [6.45, 7) is 3.13. The summed E-state index contributed by atoms with van der Waals surface area (Å²) < 4.78 is 33.0. The second kappa shape index (κ2) is 10.5. The normalized spacial score (nSPS) is 14.8. The minimum absolute atomic E-state index is 0.0196. The topological polar surface area (TPSA) is 111 Å². The number of ether oxygens (including phenoxy) is 1. The summed E-state index contributed by atoms with van der Waals surface area (Å²) >= 11 is 1.08. The number of carbonyl (C=O) groups excluding carboxylic acids is 2. The van der Waals surface area contributed by atoms with Gasteiger partial charge >= 0.3 is 6.09 Å². The van der Waals surface area contributed by atoms with Crippen molar-refractivity contribution in [3.63, 3.8) is 0 Å². The van der Waals surface area contributed by atoms with E-state index in [4.69, 9.17) is 4.74 Å². The SMILES string of the molecule is CCOC(=O)N1CCC(NC(=O)CSc2nc3ccccc3n2S(=O)(=O)c2ccccc2)CC1. The van der Waals surface area contributed by atoms with Crippen molar-refractivity contribution in [1.82, 2.24) is 19.2 Å². The molecule has 1 aromatic heterocycles. The number of piperidine rings is 1. The van der Waals surface area contributed by atoms with Crippen molar-refractivity contribution >= 4 is 44.8 Å². The maximum absolute atomic E-state index is 13.4. The molecule has 0 radical (unpaired) electrons. The molecule has 0 bridgehead atoms. The van der Waals surface area contributed by atoms with Crippen LogP contribution in [0.15, 0.2) is 64.6 Å². The third-order valence-electron chi connectivity index (χ3n) is 5.49. The fraction of sp³-hybridized carbons (Fsp3) is 0.348. The molecule has 3 aromatic rings. The van der Waals surface area contributed by atoms with E-state index in [0.717, 1.165) is 11.8 Å². The molecule has 9 nitrogen and oxygen atoms in total. The Kier molecular flexibility index (Phi) is 7.42. The number of rotatable bonds is 7. The number of hydrogen-bond acceptors (Lipinski definition) is 7. The van der Waals surface area contributed by atoms with Gasteiger partial charge in [-0.2, -0.15) is 0 Å². The van der Waals surface area contributed by atoms with Gasteiger partial charge in [0.25, 0.3) is 10.0 Å². The van der Waals surface area contributed by atoms with E-state index in [0.29, 0.717) is 43.6 Å². The molecule has 4 rings (SSSR count). The van der Waals surface area contributed by atoms with Crippen LogP contribution in [0.1, 0.15) is 19.8 Å². The van der Waals surface area contributed by atoms with E-state index < -0.39 is 10.0 Å². The van der Waals surface area contributed by atoms with Crippen molar-refractivity contribution in [2.75, 3.05) is 25.4 Å². The average molecular weight is 503 g/mol. The number of carbonyl (C=O) groups is 2. The zero-order chi connectivity index (χ0) is 24.1. The minimum atomic E-state index is -3.89. The van der Waals surface area contributed by atoms with Crippen LogP contribution in [0.5, 0.6) is 0 Å². The Morgan fingerprint density at radius 2 is 1.76 bits per heavy atom. The molecule has 1 saturated heterocycles. The zero-order valence-electron chi connectivity index (χ0n) is 18.7. The molecule has 0 saturated carbocycles. The second-order valence-electron chi connectivity index (χ2n) is 7.78. The lowest BCUT2D eigenvalue weighted by atomic mass is 10.1. The van der Waals surface area contributed by atoms with Crippen LogP contribution < -0.4 is 5.32 Å². The van der Waals surface area contributed by atoms with Crippen molar-refractivity contribution in [2.45, 2.75) is 35.9 Å². The van der Waals surface area contributed by atoms with Crippen LogP contribution in [0, 0.1) is 0 Å². The van der Waals surface area contributed by atoms with Gasteiger partial charge in [-0.15, -0.1) is 0 Å². The Morgan fingerprint density at radius 1 is 1.09 bits per heavy atom. The molecule has 2 heterocycles. The summed E-state index contributed by atoms with van der Waals surface area (Å²) in [5.74, 6) is -0.193. The minimum Gasteiger partial charge on any atom is -0.450 e. The maximum atomic E-state index is 13.4. The number of benzene rings is 2. The molecule has 1 aliphatic rings. The molecule has 0 unspecified atom stereocenters. The maximum Gasteiger partial charge on any atom is 0.409 e. The van der Waals surface area contributed by atoms with Gasteiger partial charge in [0.2, 0.25) is 5.91 Å². The fourth-order valence-corrected chi connectivity index (χ4v) is 6.37. The van der Waals surface area contributed by atoms with Crippen LogP contribution >= 0.6 is 11.8 Å². The van der Waals surface area contributed by atoms with Gasteiger partial charge in [0.15, 0.2) is 5.16 Å². The van der Waals surface area contributed by atoms with Gasteiger partial charge in [0.1, 0.15) is 0 Å². The van der Waals surface area contributed by atoms with Crippen LogP contribution in [0.3, 0.4) is 0 Å². The molecule has 1 N–H and O–H groups in total. The zero-order valence-corrected chi connectivity index (χ0v) is 20.3. The number of imidazole rings is 1. The van der Waals surface area contributed by atoms with Crippen molar-refractivity contribution in [3.05, 3.63) is 54.6 Å². The number of fused-ring (bicyclic) bond motifs is 1. The molecular formula is C23H26N4O5S2. The number of likely N-dealkylation sites (tertiary alicyclic amines) is 1. The number of nitrogens with zero attached hydrogens (tertiary/aromatic N) is 3. The summed E-state index contributed by atoms with van der Waals surface area (Å²) in [6, 6.07) is 15.1.